The van der Waals surface area contributed by atoms with Gasteiger partial charge in [-0.1, -0.05) is 30.3 Å². The molecule has 0 fully saturated rings. The first kappa shape index (κ1) is 18.3. The standard InChI is InChI=1S/C18H20F3NO2/c1-22-12-16(23-2)17(13-6-4-3-5-7-13)24-15-10-8-14(9-11-15)18(19,20)21/h3-11,16-17,22H,12H2,1-2H3. The van der Waals surface area contributed by atoms with Crippen molar-refractivity contribution < 1.29 is 22.6 Å². The highest BCUT2D eigenvalue weighted by atomic mass is 19.4. The van der Waals surface area contributed by atoms with E-state index in [1.807, 2.05) is 30.3 Å². The third-order valence-electron chi connectivity index (χ3n) is 3.62. The Kier molecular flexibility index (Phi) is 6.23. The van der Waals surface area contributed by atoms with Gasteiger partial charge in [0.2, 0.25) is 0 Å². The van der Waals surface area contributed by atoms with Crippen LogP contribution in [0.5, 0.6) is 5.75 Å². The zero-order valence-corrected chi connectivity index (χ0v) is 13.5. The fraction of sp³-hybridized carbons (Fsp3) is 0.333. The quantitative estimate of drug-likeness (QED) is 0.825. The van der Waals surface area contributed by atoms with Gasteiger partial charge in [0.25, 0.3) is 0 Å². The van der Waals surface area contributed by atoms with Gasteiger partial charge in [-0.05, 0) is 36.9 Å². The lowest BCUT2D eigenvalue weighted by molar-refractivity contribution is -0.137. The first-order valence-corrected chi connectivity index (χ1v) is 7.52. The van der Waals surface area contributed by atoms with E-state index in [0.29, 0.717) is 12.3 Å². The molecule has 0 aromatic heterocycles. The molecule has 2 unspecified atom stereocenters. The van der Waals surface area contributed by atoms with Crippen LogP contribution >= 0.6 is 0 Å². The van der Waals surface area contributed by atoms with Gasteiger partial charge in [-0.2, -0.15) is 13.2 Å². The summed E-state index contributed by atoms with van der Waals surface area (Å²) in [4.78, 5) is 0. The molecule has 0 saturated carbocycles. The molecule has 0 bridgehead atoms. The van der Waals surface area contributed by atoms with Crippen LogP contribution in [-0.4, -0.2) is 26.8 Å². The lowest BCUT2D eigenvalue weighted by Gasteiger charge is -2.27. The average molecular weight is 339 g/mol. The van der Waals surface area contributed by atoms with Crippen LogP contribution in [0.3, 0.4) is 0 Å². The number of benzene rings is 2. The molecule has 24 heavy (non-hydrogen) atoms. The number of halogens is 3. The number of hydrogen-bond acceptors (Lipinski definition) is 3. The fourth-order valence-corrected chi connectivity index (χ4v) is 2.39. The van der Waals surface area contributed by atoms with Gasteiger partial charge in [-0.3, -0.25) is 0 Å². The Balaban J connectivity index is 2.25. The number of alkyl halides is 3. The topological polar surface area (TPSA) is 30.5 Å². The minimum absolute atomic E-state index is 0.292. The van der Waals surface area contributed by atoms with E-state index in [2.05, 4.69) is 5.32 Å². The predicted octanol–water partition coefficient (Wildman–Crippen LogP) is 4.06. The molecular weight excluding hydrogens is 319 g/mol. The molecule has 6 heteroatoms. The molecule has 0 radical (unpaired) electrons. The Morgan fingerprint density at radius 3 is 2.12 bits per heavy atom. The van der Waals surface area contributed by atoms with Gasteiger partial charge in [-0.25, -0.2) is 0 Å². The Labute approximate surface area is 139 Å². The number of hydrogen-bond donors (Lipinski definition) is 1. The van der Waals surface area contributed by atoms with Crippen LogP contribution in [0.4, 0.5) is 13.2 Å². The van der Waals surface area contributed by atoms with E-state index in [4.69, 9.17) is 9.47 Å². The van der Waals surface area contributed by atoms with Crippen LogP contribution in [0.15, 0.2) is 54.6 Å². The van der Waals surface area contributed by atoms with Crippen molar-refractivity contribution in [2.75, 3.05) is 20.7 Å². The highest BCUT2D eigenvalue weighted by molar-refractivity contribution is 5.30. The minimum atomic E-state index is -4.36. The van der Waals surface area contributed by atoms with E-state index in [9.17, 15) is 13.2 Å². The summed E-state index contributed by atoms with van der Waals surface area (Å²) in [6.07, 6.45) is -5.10. The van der Waals surface area contributed by atoms with Crippen LogP contribution in [0.2, 0.25) is 0 Å². The summed E-state index contributed by atoms with van der Waals surface area (Å²) >= 11 is 0. The second kappa shape index (κ2) is 8.17. The summed E-state index contributed by atoms with van der Waals surface area (Å²) in [5.41, 5.74) is 0.184. The van der Waals surface area contributed by atoms with Crippen molar-refractivity contribution in [3.05, 3.63) is 65.7 Å². The highest BCUT2D eigenvalue weighted by Crippen LogP contribution is 2.32. The monoisotopic (exact) mass is 339 g/mol. The molecule has 2 aromatic rings. The summed E-state index contributed by atoms with van der Waals surface area (Å²) in [5.74, 6) is 0.356. The van der Waals surface area contributed by atoms with E-state index in [0.717, 1.165) is 17.7 Å². The normalized spacial score (nSPS) is 14.2. The lowest BCUT2D eigenvalue weighted by Crippen LogP contribution is -2.34. The van der Waals surface area contributed by atoms with Crippen LogP contribution in [0.1, 0.15) is 17.2 Å². The SMILES string of the molecule is CNCC(OC)C(Oc1ccc(C(F)(F)F)cc1)c1ccccc1. The average Bonchev–Trinajstić information content (AvgIpc) is 2.58. The summed E-state index contributed by atoms with van der Waals surface area (Å²) in [7, 11) is 3.38. The maximum Gasteiger partial charge on any atom is 0.416 e. The third kappa shape index (κ3) is 4.72. The molecular formula is C18H20F3NO2. The van der Waals surface area contributed by atoms with Gasteiger partial charge in [0.1, 0.15) is 11.9 Å². The number of methoxy groups -OCH3 is 1. The zero-order valence-electron chi connectivity index (χ0n) is 13.5. The van der Waals surface area contributed by atoms with E-state index in [1.165, 1.54) is 12.1 Å². The molecule has 0 aliphatic heterocycles. The second-order valence-electron chi connectivity index (χ2n) is 5.30. The molecule has 0 aliphatic carbocycles. The number of ether oxygens (including phenoxy) is 2. The van der Waals surface area contributed by atoms with Gasteiger partial charge in [-0.15, -0.1) is 0 Å². The maximum atomic E-state index is 12.7. The van der Waals surface area contributed by atoms with Crippen LogP contribution in [0.25, 0.3) is 0 Å². The van der Waals surface area contributed by atoms with Crippen LogP contribution in [0, 0.1) is 0 Å². The fourth-order valence-electron chi connectivity index (χ4n) is 2.39. The molecule has 2 rings (SSSR count). The molecule has 0 heterocycles. The van der Waals surface area contributed by atoms with E-state index in [1.54, 1.807) is 14.2 Å². The molecule has 2 atom stereocenters. The largest absolute Gasteiger partial charge is 0.483 e. The number of likely N-dealkylation sites (N-methyl/N-ethyl adjacent to an activating group) is 1. The van der Waals surface area contributed by atoms with Crippen molar-refractivity contribution in [3.63, 3.8) is 0 Å². The van der Waals surface area contributed by atoms with Crippen molar-refractivity contribution in [3.8, 4) is 5.75 Å². The van der Waals surface area contributed by atoms with Gasteiger partial charge in [0, 0.05) is 13.7 Å². The Morgan fingerprint density at radius 2 is 1.62 bits per heavy atom. The minimum Gasteiger partial charge on any atom is -0.483 e. The van der Waals surface area contributed by atoms with Crippen molar-refractivity contribution >= 4 is 0 Å². The Hall–Kier alpha value is -2.05. The molecule has 0 spiro atoms. The third-order valence-corrected chi connectivity index (χ3v) is 3.62. The zero-order chi connectivity index (χ0) is 17.6. The smallest absolute Gasteiger partial charge is 0.416 e. The summed E-state index contributed by atoms with van der Waals surface area (Å²) in [6, 6.07) is 14.1. The molecule has 3 nitrogen and oxygen atoms in total. The van der Waals surface area contributed by atoms with Crippen LogP contribution < -0.4 is 10.1 Å². The van der Waals surface area contributed by atoms with Crippen LogP contribution in [-0.2, 0) is 10.9 Å². The first-order valence-electron chi connectivity index (χ1n) is 7.52. The lowest BCUT2D eigenvalue weighted by atomic mass is 10.0. The molecule has 1 N–H and O–H groups in total. The summed E-state index contributed by atoms with van der Waals surface area (Å²) in [5, 5.41) is 3.03. The first-order chi connectivity index (χ1) is 11.5. The summed E-state index contributed by atoms with van der Waals surface area (Å²) < 4.78 is 49.4. The molecule has 0 aliphatic rings. The molecule has 2 aromatic carbocycles. The molecule has 130 valence electrons. The summed E-state index contributed by atoms with van der Waals surface area (Å²) in [6.45, 7) is 0.538. The molecule has 0 amide bonds. The van der Waals surface area contributed by atoms with E-state index < -0.39 is 17.8 Å². The molecule has 0 saturated heterocycles. The highest BCUT2D eigenvalue weighted by Gasteiger charge is 2.30. The second-order valence-corrected chi connectivity index (χ2v) is 5.30. The van der Waals surface area contributed by atoms with Crippen molar-refractivity contribution in [1.29, 1.82) is 0 Å². The number of nitrogens with one attached hydrogen (secondary N) is 1. The van der Waals surface area contributed by atoms with E-state index in [-0.39, 0.29) is 6.10 Å². The Morgan fingerprint density at radius 1 is 1.00 bits per heavy atom. The van der Waals surface area contributed by atoms with Crippen molar-refractivity contribution in [1.82, 2.24) is 5.32 Å². The van der Waals surface area contributed by atoms with Gasteiger partial charge in [0.15, 0.2) is 6.10 Å². The van der Waals surface area contributed by atoms with Gasteiger partial charge < -0.3 is 14.8 Å². The number of rotatable bonds is 7. The van der Waals surface area contributed by atoms with Crippen molar-refractivity contribution in [2.24, 2.45) is 0 Å². The maximum absolute atomic E-state index is 12.7. The van der Waals surface area contributed by atoms with Gasteiger partial charge in [0.05, 0.1) is 5.56 Å². The Bertz CT molecular complexity index is 614. The van der Waals surface area contributed by atoms with Gasteiger partial charge >= 0.3 is 6.18 Å². The van der Waals surface area contributed by atoms with E-state index >= 15 is 0 Å². The predicted molar refractivity (Wildman–Crippen MR) is 86.0 cm³/mol. The van der Waals surface area contributed by atoms with Crippen molar-refractivity contribution in [2.45, 2.75) is 18.4 Å².